The fraction of sp³-hybridized carbons (Fsp3) is 0.444. The molecule has 2 aliphatic heterocycles. The maximum absolute atomic E-state index is 13.3. The predicted molar refractivity (Wildman–Crippen MR) is 142 cm³/mol. The molecule has 2 saturated heterocycles. The van der Waals surface area contributed by atoms with Crippen molar-refractivity contribution in [1.29, 1.82) is 0 Å². The zero-order valence-electron chi connectivity index (χ0n) is 22.4. The van der Waals surface area contributed by atoms with Crippen molar-refractivity contribution in [2.45, 2.75) is 61.4 Å². The molecule has 0 unspecified atom stereocenters. The van der Waals surface area contributed by atoms with E-state index in [1.807, 2.05) is 0 Å². The smallest absolute Gasteiger partial charge is 0.229 e. The molecule has 0 spiro atoms. The Labute approximate surface area is 246 Å². The van der Waals surface area contributed by atoms with Crippen molar-refractivity contribution < 1.29 is 79.5 Å². The number of ether oxygens (including phenoxy) is 4. The van der Waals surface area contributed by atoms with Gasteiger partial charge in [-0.05, 0) is 24.3 Å². The first-order valence-corrected chi connectivity index (χ1v) is 13.2. The van der Waals surface area contributed by atoms with Gasteiger partial charge in [-0.25, -0.2) is 0 Å². The lowest BCUT2D eigenvalue weighted by molar-refractivity contribution is -0.279. The summed E-state index contributed by atoms with van der Waals surface area (Å²) in [6.45, 7) is -1.67. The van der Waals surface area contributed by atoms with Crippen LogP contribution in [0.4, 0.5) is 0 Å². The molecule has 0 saturated carbocycles. The molecule has 0 aliphatic carbocycles. The van der Waals surface area contributed by atoms with E-state index in [2.05, 4.69) is 0 Å². The summed E-state index contributed by atoms with van der Waals surface area (Å²) in [5.74, 6) is -4.28. The van der Waals surface area contributed by atoms with E-state index in [-0.39, 0.29) is 17.1 Å². The van der Waals surface area contributed by atoms with Gasteiger partial charge in [0.05, 0.1) is 13.2 Å². The number of phenolic OH excluding ortho intramolecular Hbond substituents is 3. The molecule has 0 bridgehead atoms. The van der Waals surface area contributed by atoms with Crippen molar-refractivity contribution in [1.82, 2.24) is 0 Å². The SMILES string of the molecule is O=c1cc(-c2ccc(O)cc2)oc2c(O[C@@H]3O[C@H](CO)[C@H](O)[C@H](O)[C@@H]3O)c(O)c(O[C@@H]3O[C@H](CO)[C@@H](O)[C@@H](O)[C@H]3O)c(O)c12. The van der Waals surface area contributed by atoms with Gasteiger partial charge in [-0.2, -0.15) is 0 Å². The van der Waals surface area contributed by atoms with Gasteiger partial charge < -0.3 is 79.5 Å². The molecule has 11 N–H and O–H groups in total. The van der Waals surface area contributed by atoms with Crippen molar-refractivity contribution in [2.24, 2.45) is 0 Å². The summed E-state index contributed by atoms with van der Waals surface area (Å²) >= 11 is 0. The Balaban J connectivity index is 1.67. The Morgan fingerprint density at radius 2 is 1.16 bits per heavy atom. The van der Waals surface area contributed by atoms with Gasteiger partial charge >= 0.3 is 0 Å². The average molecular weight is 627 g/mol. The minimum absolute atomic E-state index is 0.103. The first-order valence-electron chi connectivity index (χ1n) is 13.2. The van der Waals surface area contributed by atoms with Crippen LogP contribution in [0.5, 0.6) is 28.7 Å². The molecule has 10 atom stereocenters. The molecule has 2 fully saturated rings. The topological polar surface area (TPSA) is 290 Å². The molecule has 5 rings (SSSR count). The molecule has 240 valence electrons. The second-order valence-electron chi connectivity index (χ2n) is 10.2. The summed E-state index contributed by atoms with van der Waals surface area (Å²) in [4.78, 5) is 13.3. The fourth-order valence-electron chi connectivity index (χ4n) is 4.86. The number of hydrogen-bond acceptors (Lipinski definition) is 17. The molecular weight excluding hydrogens is 596 g/mol. The van der Waals surface area contributed by atoms with Crippen LogP contribution in [0.25, 0.3) is 22.3 Å². The highest BCUT2D eigenvalue weighted by Crippen LogP contribution is 2.51. The van der Waals surface area contributed by atoms with Gasteiger partial charge in [0.1, 0.15) is 65.7 Å². The normalized spacial score (nSPS) is 32.5. The van der Waals surface area contributed by atoms with Crippen molar-refractivity contribution in [3.8, 4) is 40.1 Å². The standard InChI is InChI=1S/C27H30O17/c28-6-12-15(32)18(35)20(37)26(41-12)43-24-17(34)14-10(31)5-11(8-1-3-9(30)4-2-8)40-23(14)25(22(24)39)44-27-21(38)19(36)16(33)13(7-29)42-27/h1-5,12-13,15-16,18-21,26-30,32-39H,6-7H2/t12-,13-,15-,16+,18-,19+,20-,21+,26+,27+/m1/s1. The molecular formula is C27H30O17. The van der Waals surface area contributed by atoms with Crippen molar-refractivity contribution in [3.63, 3.8) is 0 Å². The van der Waals surface area contributed by atoms with Gasteiger partial charge in [0.15, 0.2) is 16.8 Å². The Bertz CT molecular complexity index is 1540. The largest absolute Gasteiger partial charge is 0.508 e. The number of aromatic hydroxyl groups is 3. The van der Waals surface area contributed by atoms with E-state index >= 15 is 0 Å². The summed E-state index contributed by atoms with van der Waals surface area (Å²) in [6, 6.07) is 6.29. The van der Waals surface area contributed by atoms with Gasteiger partial charge in [0.2, 0.25) is 29.8 Å². The third-order valence-corrected chi connectivity index (χ3v) is 7.35. The second kappa shape index (κ2) is 12.3. The minimum atomic E-state index is -2.01. The lowest BCUT2D eigenvalue weighted by Gasteiger charge is -2.40. The van der Waals surface area contributed by atoms with Crippen molar-refractivity contribution >= 4 is 11.0 Å². The number of hydrogen-bond donors (Lipinski definition) is 11. The zero-order valence-corrected chi connectivity index (χ0v) is 22.4. The Morgan fingerprint density at radius 1 is 0.659 bits per heavy atom. The number of fused-ring (bicyclic) bond motifs is 1. The van der Waals surface area contributed by atoms with E-state index in [0.29, 0.717) is 0 Å². The summed E-state index contributed by atoms with van der Waals surface area (Å²) in [7, 11) is 0. The third-order valence-electron chi connectivity index (χ3n) is 7.35. The first-order chi connectivity index (χ1) is 20.9. The van der Waals surface area contributed by atoms with Crippen LogP contribution in [-0.2, 0) is 9.47 Å². The average Bonchev–Trinajstić information content (AvgIpc) is 3.01. The molecule has 44 heavy (non-hydrogen) atoms. The van der Waals surface area contributed by atoms with Gasteiger partial charge in [0.25, 0.3) is 0 Å². The highest BCUT2D eigenvalue weighted by molar-refractivity contribution is 5.95. The minimum Gasteiger partial charge on any atom is -0.508 e. The quantitative estimate of drug-likeness (QED) is 0.124. The first kappa shape index (κ1) is 31.7. The molecule has 0 amide bonds. The molecule has 3 heterocycles. The highest BCUT2D eigenvalue weighted by atomic mass is 16.7. The van der Waals surface area contributed by atoms with Gasteiger partial charge in [-0.15, -0.1) is 0 Å². The van der Waals surface area contributed by atoms with E-state index in [1.54, 1.807) is 0 Å². The molecule has 17 heteroatoms. The maximum atomic E-state index is 13.3. The van der Waals surface area contributed by atoms with E-state index in [0.717, 1.165) is 6.07 Å². The van der Waals surface area contributed by atoms with Crippen molar-refractivity contribution in [2.75, 3.05) is 13.2 Å². The lowest BCUT2D eigenvalue weighted by Crippen LogP contribution is -2.60. The van der Waals surface area contributed by atoms with Gasteiger partial charge in [-0.3, -0.25) is 4.79 Å². The Hall–Kier alpha value is -3.75. The van der Waals surface area contributed by atoms with E-state index < -0.39 is 114 Å². The second-order valence-corrected chi connectivity index (χ2v) is 10.2. The van der Waals surface area contributed by atoms with Crippen LogP contribution in [0, 0.1) is 0 Å². The maximum Gasteiger partial charge on any atom is 0.229 e. The zero-order chi connectivity index (χ0) is 32.0. The van der Waals surface area contributed by atoms with Crippen molar-refractivity contribution in [3.05, 3.63) is 40.6 Å². The summed E-state index contributed by atoms with van der Waals surface area (Å²) in [5, 5.41) is 112. The van der Waals surface area contributed by atoms with Crippen LogP contribution < -0.4 is 14.9 Å². The van der Waals surface area contributed by atoms with Gasteiger partial charge in [-0.1, -0.05) is 0 Å². The number of benzene rings is 2. The van der Waals surface area contributed by atoms with Crippen LogP contribution in [0.3, 0.4) is 0 Å². The fourth-order valence-corrected chi connectivity index (χ4v) is 4.86. The molecule has 2 aromatic carbocycles. The monoisotopic (exact) mass is 626 g/mol. The van der Waals surface area contributed by atoms with Crippen LogP contribution in [0.1, 0.15) is 0 Å². The van der Waals surface area contributed by atoms with E-state index in [9.17, 15) is 61.0 Å². The molecule has 3 aromatic rings. The highest BCUT2D eigenvalue weighted by Gasteiger charge is 2.47. The summed E-state index contributed by atoms with van der Waals surface area (Å²) in [5.41, 5.74) is -1.33. The van der Waals surface area contributed by atoms with Gasteiger partial charge in [0, 0.05) is 11.6 Å². The van der Waals surface area contributed by atoms with E-state index in [1.165, 1.54) is 24.3 Å². The Morgan fingerprint density at radius 3 is 1.66 bits per heavy atom. The van der Waals surface area contributed by atoms with Crippen LogP contribution in [0.2, 0.25) is 0 Å². The third kappa shape index (κ3) is 5.50. The number of rotatable bonds is 7. The van der Waals surface area contributed by atoms with E-state index in [4.69, 9.17) is 23.4 Å². The lowest BCUT2D eigenvalue weighted by atomic mass is 9.99. The molecule has 17 nitrogen and oxygen atoms in total. The molecule has 2 aliphatic rings. The number of aliphatic hydroxyl groups is 8. The van der Waals surface area contributed by atoms with Crippen LogP contribution in [-0.4, -0.2) is 131 Å². The summed E-state index contributed by atoms with van der Waals surface area (Å²) < 4.78 is 27.5. The number of aliphatic hydroxyl groups excluding tert-OH is 8. The number of phenols is 3. The molecule has 1 aromatic heterocycles. The molecule has 0 radical (unpaired) electrons. The van der Waals surface area contributed by atoms with Crippen LogP contribution in [0.15, 0.2) is 39.5 Å². The van der Waals surface area contributed by atoms with Crippen LogP contribution >= 0.6 is 0 Å². The predicted octanol–water partition coefficient (Wildman–Crippen LogP) is -3.07. The Kier molecular flexibility index (Phi) is 8.87. The summed E-state index contributed by atoms with van der Waals surface area (Å²) in [6.07, 6.45) is -18.2.